The maximum atomic E-state index is 12.3. The highest BCUT2D eigenvalue weighted by Gasteiger charge is 2.09. The van der Waals surface area contributed by atoms with Crippen molar-refractivity contribution in [2.24, 2.45) is 0 Å². The van der Waals surface area contributed by atoms with E-state index in [4.69, 9.17) is 0 Å². The van der Waals surface area contributed by atoms with Crippen molar-refractivity contribution in [1.29, 1.82) is 0 Å². The molecule has 0 bridgehead atoms. The summed E-state index contributed by atoms with van der Waals surface area (Å²) in [5, 5.41) is 6.93. The van der Waals surface area contributed by atoms with Crippen LogP contribution in [0.15, 0.2) is 53.6 Å². The molecule has 0 fully saturated rings. The second-order valence-electron chi connectivity index (χ2n) is 5.62. The lowest BCUT2D eigenvalue weighted by molar-refractivity contribution is 0.0951. The molecule has 2 aromatic heterocycles. The Balaban J connectivity index is 1.71. The second kappa shape index (κ2) is 6.54. The van der Waals surface area contributed by atoms with Crippen molar-refractivity contribution < 1.29 is 4.79 Å². The third-order valence-electron chi connectivity index (χ3n) is 3.82. The van der Waals surface area contributed by atoms with Gasteiger partial charge in [0, 0.05) is 35.8 Å². The number of nitrogens with zero attached hydrogens (tertiary/aromatic N) is 2. The molecule has 0 saturated heterocycles. The highest BCUT2D eigenvalue weighted by atomic mass is 16.1. The molecule has 0 saturated carbocycles. The first-order valence-electron chi connectivity index (χ1n) is 7.62. The Bertz CT molecular complexity index is 909. The topological polar surface area (TPSA) is 79.8 Å². The van der Waals surface area contributed by atoms with Gasteiger partial charge in [-0.3, -0.25) is 9.59 Å². The number of nitrogens with one attached hydrogen (secondary N) is 2. The fourth-order valence-corrected chi connectivity index (χ4v) is 2.56. The molecule has 0 atom stereocenters. The van der Waals surface area contributed by atoms with E-state index in [9.17, 15) is 9.59 Å². The second-order valence-corrected chi connectivity index (χ2v) is 5.62. The standard InChI is InChI=1S/C18H18N4O2/c1-12-10-13(2)21-18(24)16(12)11-19-17(23)14-4-6-15(7-5-14)22-9-3-8-20-22/h3-10H,11H2,1-2H3,(H,19,23)(H,21,24). The van der Waals surface area contributed by atoms with Gasteiger partial charge in [0.05, 0.1) is 5.69 Å². The van der Waals surface area contributed by atoms with Crippen molar-refractivity contribution in [3.63, 3.8) is 0 Å². The van der Waals surface area contributed by atoms with Gasteiger partial charge in [-0.2, -0.15) is 5.10 Å². The molecule has 3 rings (SSSR count). The van der Waals surface area contributed by atoms with Gasteiger partial charge in [0.25, 0.3) is 11.5 Å². The average molecular weight is 322 g/mol. The number of carbonyl (C=O) groups excluding carboxylic acids is 1. The molecule has 24 heavy (non-hydrogen) atoms. The van der Waals surface area contributed by atoms with E-state index in [0.29, 0.717) is 11.1 Å². The molecule has 3 aromatic rings. The first-order valence-corrected chi connectivity index (χ1v) is 7.62. The van der Waals surface area contributed by atoms with Crippen molar-refractivity contribution in [1.82, 2.24) is 20.1 Å². The van der Waals surface area contributed by atoms with Crippen LogP contribution in [0.3, 0.4) is 0 Å². The van der Waals surface area contributed by atoms with E-state index in [2.05, 4.69) is 15.4 Å². The Kier molecular flexibility index (Phi) is 4.29. The molecule has 0 spiro atoms. The molecule has 0 aliphatic rings. The first-order chi connectivity index (χ1) is 11.5. The van der Waals surface area contributed by atoms with Gasteiger partial charge in [0.15, 0.2) is 0 Å². The zero-order valence-corrected chi connectivity index (χ0v) is 13.5. The molecule has 1 amide bonds. The van der Waals surface area contributed by atoms with Crippen molar-refractivity contribution in [3.8, 4) is 5.69 Å². The normalized spacial score (nSPS) is 10.6. The summed E-state index contributed by atoms with van der Waals surface area (Å²) in [5.41, 5.74) is 3.49. The highest BCUT2D eigenvalue weighted by molar-refractivity contribution is 5.94. The van der Waals surface area contributed by atoms with Crippen LogP contribution in [0.4, 0.5) is 0 Å². The average Bonchev–Trinajstić information content (AvgIpc) is 3.08. The number of hydrogen-bond donors (Lipinski definition) is 2. The number of hydrogen-bond acceptors (Lipinski definition) is 3. The van der Waals surface area contributed by atoms with Crippen LogP contribution in [0, 0.1) is 13.8 Å². The maximum absolute atomic E-state index is 12.3. The van der Waals surface area contributed by atoms with Crippen LogP contribution in [0.5, 0.6) is 0 Å². The van der Waals surface area contributed by atoms with E-state index in [-0.39, 0.29) is 18.0 Å². The zero-order valence-electron chi connectivity index (χ0n) is 13.5. The summed E-state index contributed by atoms with van der Waals surface area (Å²) < 4.78 is 1.72. The van der Waals surface area contributed by atoms with Gasteiger partial charge in [0.1, 0.15) is 0 Å². The van der Waals surface area contributed by atoms with Crippen LogP contribution in [0.25, 0.3) is 5.69 Å². The first kappa shape index (κ1) is 15.7. The van der Waals surface area contributed by atoms with E-state index < -0.39 is 0 Å². The summed E-state index contributed by atoms with van der Waals surface area (Å²) in [6.07, 6.45) is 3.53. The summed E-state index contributed by atoms with van der Waals surface area (Å²) in [7, 11) is 0. The molecule has 1 aromatic carbocycles. The molecule has 6 heteroatoms. The fraction of sp³-hybridized carbons (Fsp3) is 0.167. The Morgan fingerprint density at radius 3 is 2.62 bits per heavy atom. The van der Waals surface area contributed by atoms with Gasteiger partial charge < -0.3 is 10.3 Å². The summed E-state index contributed by atoms with van der Waals surface area (Å²) in [6.45, 7) is 3.89. The summed E-state index contributed by atoms with van der Waals surface area (Å²) >= 11 is 0. The number of aromatic nitrogens is 3. The van der Waals surface area contributed by atoms with Crippen LogP contribution in [0.1, 0.15) is 27.2 Å². The van der Waals surface area contributed by atoms with Crippen LogP contribution >= 0.6 is 0 Å². The van der Waals surface area contributed by atoms with Crippen molar-refractivity contribution in [2.45, 2.75) is 20.4 Å². The van der Waals surface area contributed by atoms with Gasteiger partial charge in [-0.1, -0.05) is 0 Å². The van der Waals surface area contributed by atoms with E-state index >= 15 is 0 Å². The molecular weight excluding hydrogens is 304 g/mol. The van der Waals surface area contributed by atoms with E-state index in [1.54, 1.807) is 23.0 Å². The Hall–Kier alpha value is -3.15. The minimum absolute atomic E-state index is 0.165. The van der Waals surface area contributed by atoms with Gasteiger partial charge in [0.2, 0.25) is 0 Å². The van der Waals surface area contributed by atoms with Crippen molar-refractivity contribution >= 4 is 5.91 Å². The minimum Gasteiger partial charge on any atom is -0.348 e. The van der Waals surface area contributed by atoms with Crippen LogP contribution in [0.2, 0.25) is 0 Å². The van der Waals surface area contributed by atoms with Crippen molar-refractivity contribution in [3.05, 3.63) is 81.5 Å². The van der Waals surface area contributed by atoms with Gasteiger partial charge in [-0.15, -0.1) is 0 Å². The summed E-state index contributed by atoms with van der Waals surface area (Å²) in [5.74, 6) is -0.221. The maximum Gasteiger partial charge on any atom is 0.253 e. The molecule has 122 valence electrons. The molecular formula is C18H18N4O2. The Labute approximate surface area is 139 Å². The molecule has 0 aliphatic carbocycles. The number of aromatic amines is 1. The predicted molar refractivity (Wildman–Crippen MR) is 91.3 cm³/mol. The summed E-state index contributed by atoms with van der Waals surface area (Å²) in [4.78, 5) is 27.0. The number of aryl methyl sites for hydroxylation is 2. The van der Waals surface area contributed by atoms with Gasteiger partial charge >= 0.3 is 0 Å². The quantitative estimate of drug-likeness (QED) is 0.772. The predicted octanol–water partition coefficient (Wildman–Crippen LogP) is 2.11. The van der Waals surface area contributed by atoms with E-state index in [1.807, 2.05) is 44.3 Å². The third kappa shape index (κ3) is 3.27. The zero-order chi connectivity index (χ0) is 17.1. The molecule has 0 radical (unpaired) electrons. The molecule has 0 unspecified atom stereocenters. The number of H-pyrrole nitrogens is 1. The van der Waals surface area contributed by atoms with E-state index in [0.717, 1.165) is 16.9 Å². The number of rotatable bonds is 4. The molecule has 0 aliphatic heterocycles. The third-order valence-corrected chi connectivity index (χ3v) is 3.82. The van der Waals surface area contributed by atoms with Crippen molar-refractivity contribution in [2.75, 3.05) is 0 Å². The minimum atomic E-state index is -0.221. The lowest BCUT2D eigenvalue weighted by Gasteiger charge is -2.09. The van der Waals surface area contributed by atoms with Crippen LogP contribution < -0.4 is 10.9 Å². The Morgan fingerprint density at radius 1 is 1.25 bits per heavy atom. The number of amides is 1. The molecule has 2 N–H and O–H groups in total. The number of carbonyl (C=O) groups is 1. The number of pyridine rings is 1. The molecule has 6 nitrogen and oxygen atoms in total. The van der Waals surface area contributed by atoms with Gasteiger partial charge in [-0.25, -0.2) is 4.68 Å². The smallest absolute Gasteiger partial charge is 0.253 e. The SMILES string of the molecule is Cc1cc(C)c(CNC(=O)c2ccc(-n3cccn3)cc2)c(=O)[nH]1. The lowest BCUT2D eigenvalue weighted by Crippen LogP contribution is -2.27. The lowest BCUT2D eigenvalue weighted by atomic mass is 10.1. The Morgan fingerprint density at radius 2 is 2.00 bits per heavy atom. The van der Waals surface area contributed by atoms with E-state index in [1.165, 1.54) is 0 Å². The molecule has 2 heterocycles. The highest BCUT2D eigenvalue weighted by Crippen LogP contribution is 2.09. The number of benzene rings is 1. The monoisotopic (exact) mass is 322 g/mol. The van der Waals surface area contributed by atoms with Crippen LogP contribution in [-0.2, 0) is 6.54 Å². The van der Waals surface area contributed by atoms with Crippen LogP contribution in [-0.4, -0.2) is 20.7 Å². The summed E-state index contributed by atoms with van der Waals surface area (Å²) in [6, 6.07) is 10.8. The fourth-order valence-electron chi connectivity index (χ4n) is 2.56. The largest absolute Gasteiger partial charge is 0.348 e. The van der Waals surface area contributed by atoms with Gasteiger partial charge in [-0.05, 0) is 55.8 Å².